The summed E-state index contributed by atoms with van der Waals surface area (Å²) in [7, 11) is 1.58. The first-order chi connectivity index (χ1) is 16.1. The average Bonchev–Trinajstić information content (AvgIpc) is 3.46. The Hall–Kier alpha value is -2.61. The minimum atomic E-state index is -0.879. The summed E-state index contributed by atoms with van der Waals surface area (Å²) in [6.45, 7) is 8.82. The maximum atomic E-state index is 13.8. The van der Waals surface area contributed by atoms with Gasteiger partial charge in [-0.05, 0) is 42.5 Å². The Morgan fingerprint density at radius 2 is 1.62 bits per heavy atom. The van der Waals surface area contributed by atoms with Gasteiger partial charge in [-0.25, -0.2) is 0 Å². The van der Waals surface area contributed by atoms with Crippen molar-refractivity contribution in [2.45, 2.75) is 64.6 Å². The molecule has 8 nitrogen and oxygen atoms in total. The number of likely N-dealkylation sites (tertiary alicyclic amines) is 2. The van der Waals surface area contributed by atoms with Crippen LogP contribution in [0.2, 0.25) is 0 Å². The third-order valence-corrected chi connectivity index (χ3v) is 7.10. The molecule has 1 aromatic rings. The highest BCUT2D eigenvalue weighted by atomic mass is 16.5. The molecule has 0 saturated carbocycles. The zero-order chi connectivity index (χ0) is 24.5. The number of amides is 3. The van der Waals surface area contributed by atoms with Gasteiger partial charge >= 0.3 is 0 Å². The van der Waals surface area contributed by atoms with Crippen LogP contribution in [-0.2, 0) is 14.3 Å². The van der Waals surface area contributed by atoms with E-state index in [0.29, 0.717) is 43.7 Å². The smallest absolute Gasteiger partial charge is 0.256 e. The summed E-state index contributed by atoms with van der Waals surface area (Å²) in [5, 5.41) is 0. The number of nitrogens with zero attached hydrogens (tertiary/aromatic N) is 3. The number of methoxy groups -OCH3 is 1. The van der Waals surface area contributed by atoms with Crippen LogP contribution in [0.15, 0.2) is 24.3 Å². The summed E-state index contributed by atoms with van der Waals surface area (Å²) in [6.07, 6.45) is 3.44. The Balaban J connectivity index is 1.57. The first kappa shape index (κ1) is 24.5. The summed E-state index contributed by atoms with van der Waals surface area (Å²) in [5.41, 5.74) is -0.467. The Labute approximate surface area is 202 Å². The van der Waals surface area contributed by atoms with E-state index >= 15 is 0 Å². The van der Waals surface area contributed by atoms with Crippen LogP contribution in [0.3, 0.4) is 0 Å². The molecular weight excluding hydrogens is 434 g/mol. The zero-order valence-corrected chi connectivity index (χ0v) is 20.8. The second-order valence-corrected chi connectivity index (χ2v) is 10.8. The Morgan fingerprint density at radius 1 is 1.00 bits per heavy atom. The second-order valence-electron chi connectivity index (χ2n) is 10.8. The number of ether oxygens (including phenoxy) is 2. The molecule has 8 heteroatoms. The predicted octanol–water partition coefficient (Wildman–Crippen LogP) is 2.91. The third-order valence-electron chi connectivity index (χ3n) is 7.10. The molecule has 3 aliphatic rings. The molecule has 3 fully saturated rings. The minimum Gasteiger partial charge on any atom is -0.497 e. The minimum absolute atomic E-state index is 0.0394. The largest absolute Gasteiger partial charge is 0.497 e. The maximum Gasteiger partial charge on any atom is 0.256 e. The lowest BCUT2D eigenvalue weighted by atomic mass is 9.90. The average molecular weight is 472 g/mol. The quantitative estimate of drug-likeness (QED) is 0.675. The van der Waals surface area contributed by atoms with E-state index < -0.39 is 11.8 Å². The number of rotatable bonds is 4. The van der Waals surface area contributed by atoms with Crippen molar-refractivity contribution >= 4 is 17.7 Å². The van der Waals surface area contributed by atoms with Crippen molar-refractivity contribution in [3.63, 3.8) is 0 Å². The molecule has 0 aromatic heterocycles. The van der Waals surface area contributed by atoms with Crippen LogP contribution in [0.1, 0.15) is 63.2 Å². The van der Waals surface area contributed by atoms with Gasteiger partial charge in [0.15, 0.2) is 0 Å². The Bertz CT molecular complexity index is 909. The fourth-order valence-electron chi connectivity index (χ4n) is 5.25. The first-order valence-electron chi connectivity index (χ1n) is 12.3. The lowest BCUT2D eigenvalue weighted by molar-refractivity contribution is -0.146. The standard InChI is InChI=1S/C26H37N3O5/c1-25(2,3)17-22(30)27-15-11-26(12-16-27)29(23(31)19-7-9-20(33-4)10-8-19)21(18-34-26)24(32)28-13-5-6-14-28/h7-10,21H,5-6,11-18H2,1-4H3/t21-/m0/s1. The SMILES string of the molecule is COc1ccc(C(=O)N2[C@H](C(=O)N3CCCC3)COC23CCN(C(=O)CC(C)(C)C)CC3)cc1. The van der Waals surface area contributed by atoms with Gasteiger partial charge in [-0.2, -0.15) is 0 Å². The second kappa shape index (κ2) is 9.56. The zero-order valence-electron chi connectivity index (χ0n) is 20.8. The van der Waals surface area contributed by atoms with Gasteiger partial charge in [0, 0.05) is 51.0 Å². The lowest BCUT2D eigenvalue weighted by Gasteiger charge is -2.45. The topological polar surface area (TPSA) is 79.4 Å². The molecule has 1 spiro atoms. The van der Waals surface area contributed by atoms with Crippen LogP contribution in [0.5, 0.6) is 5.75 Å². The van der Waals surface area contributed by atoms with Crippen LogP contribution in [0, 0.1) is 5.41 Å². The van der Waals surface area contributed by atoms with Gasteiger partial charge in [0.05, 0.1) is 13.7 Å². The van der Waals surface area contributed by atoms with E-state index in [2.05, 4.69) is 20.8 Å². The number of carbonyl (C=O) groups is 3. The van der Waals surface area contributed by atoms with Crippen molar-refractivity contribution in [3.8, 4) is 5.75 Å². The van der Waals surface area contributed by atoms with Gasteiger partial charge in [-0.1, -0.05) is 20.8 Å². The molecule has 34 heavy (non-hydrogen) atoms. The highest BCUT2D eigenvalue weighted by Gasteiger charge is 2.55. The summed E-state index contributed by atoms with van der Waals surface area (Å²) >= 11 is 0. The van der Waals surface area contributed by atoms with E-state index in [-0.39, 0.29) is 29.7 Å². The molecule has 0 bridgehead atoms. The number of hydrogen-bond donors (Lipinski definition) is 0. The molecule has 3 aliphatic heterocycles. The van der Waals surface area contributed by atoms with Gasteiger partial charge < -0.3 is 19.3 Å². The van der Waals surface area contributed by atoms with Gasteiger partial charge in [0.1, 0.15) is 17.5 Å². The van der Waals surface area contributed by atoms with Gasteiger partial charge in [0.25, 0.3) is 5.91 Å². The fraction of sp³-hybridized carbons (Fsp3) is 0.654. The van der Waals surface area contributed by atoms with Crippen molar-refractivity contribution in [2.24, 2.45) is 5.41 Å². The molecule has 0 N–H and O–H groups in total. The van der Waals surface area contributed by atoms with Crippen LogP contribution in [0.4, 0.5) is 0 Å². The van der Waals surface area contributed by atoms with Crippen LogP contribution >= 0.6 is 0 Å². The van der Waals surface area contributed by atoms with E-state index in [1.165, 1.54) is 0 Å². The van der Waals surface area contributed by atoms with Crippen molar-refractivity contribution in [3.05, 3.63) is 29.8 Å². The van der Waals surface area contributed by atoms with Gasteiger partial charge in [-0.15, -0.1) is 0 Å². The molecule has 3 heterocycles. The molecule has 0 radical (unpaired) electrons. The first-order valence-corrected chi connectivity index (χ1v) is 12.3. The van der Waals surface area contributed by atoms with Crippen LogP contribution < -0.4 is 4.74 Å². The predicted molar refractivity (Wildman–Crippen MR) is 127 cm³/mol. The van der Waals surface area contributed by atoms with Crippen LogP contribution in [0.25, 0.3) is 0 Å². The maximum absolute atomic E-state index is 13.8. The molecule has 0 aliphatic carbocycles. The number of benzene rings is 1. The molecule has 186 valence electrons. The van der Waals surface area contributed by atoms with E-state index in [1.54, 1.807) is 36.3 Å². The fourth-order valence-corrected chi connectivity index (χ4v) is 5.25. The van der Waals surface area contributed by atoms with E-state index in [0.717, 1.165) is 25.9 Å². The summed E-state index contributed by atoms with van der Waals surface area (Å²) in [4.78, 5) is 45.4. The van der Waals surface area contributed by atoms with Crippen LogP contribution in [-0.4, -0.2) is 84.1 Å². The summed E-state index contributed by atoms with van der Waals surface area (Å²) in [6, 6.07) is 6.31. The highest BCUT2D eigenvalue weighted by molar-refractivity contribution is 5.98. The lowest BCUT2D eigenvalue weighted by Crippen LogP contribution is -2.60. The monoisotopic (exact) mass is 471 g/mol. The van der Waals surface area contributed by atoms with E-state index in [1.807, 2.05) is 9.80 Å². The summed E-state index contributed by atoms with van der Waals surface area (Å²) < 4.78 is 11.5. The number of carbonyl (C=O) groups excluding carboxylic acids is 3. The number of hydrogen-bond acceptors (Lipinski definition) is 5. The molecule has 3 saturated heterocycles. The van der Waals surface area contributed by atoms with E-state index in [4.69, 9.17) is 9.47 Å². The number of piperidine rings is 1. The van der Waals surface area contributed by atoms with Gasteiger partial charge in [0.2, 0.25) is 11.8 Å². The molecule has 3 amide bonds. The Morgan fingerprint density at radius 3 is 2.18 bits per heavy atom. The molecule has 1 atom stereocenters. The van der Waals surface area contributed by atoms with Crippen molar-refractivity contribution in [1.82, 2.24) is 14.7 Å². The molecule has 4 rings (SSSR count). The van der Waals surface area contributed by atoms with Crippen molar-refractivity contribution in [2.75, 3.05) is 39.9 Å². The van der Waals surface area contributed by atoms with Gasteiger partial charge in [-0.3, -0.25) is 19.3 Å². The molecular formula is C26H37N3O5. The van der Waals surface area contributed by atoms with Crippen molar-refractivity contribution in [1.29, 1.82) is 0 Å². The third kappa shape index (κ3) is 4.92. The normalized spacial score (nSPS) is 22.4. The van der Waals surface area contributed by atoms with Crippen molar-refractivity contribution < 1.29 is 23.9 Å². The van der Waals surface area contributed by atoms with E-state index in [9.17, 15) is 14.4 Å². The molecule has 1 aromatic carbocycles. The highest BCUT2D eigenvalue weighted by Crippen LogP contribution is 2.39. The summed E-state index contributed by atoms with van der Waals surface area (Å²) in [5.74, 6) is 0.534. The Kier molecular flexibility index (Phi) is 6.90. The molecule has 0 unspecified atom stereocenters.